The van der Waals surface area contributed by atoms with E-state index in [2.05, 4.69) is 101 Å². The van der Waals surface area contributed by atoms with Gasteiger partial charge in [-0.2, -0.15) is 0 Å². The molecule has 6 fully saturated rings. The molecule has 10 heteroatoms. The van der Waals surface area contributed by atoms with Crippen LogP contribution in [0.1, 0.15) is 128 Å². The van der Waals surface area contributed by atoms with Gasteiger partial charge >= 0.3 is 0 Å². The van der Waals surface area contributed by atoms with E-state index in [1.165, 1.54) is 92.8 Å². The van der Waals surface area contributed by atoms with E-state index in [1.54, 1.807) is 18.2 Å². The first-order valence-corrected chi connectivity index (χ1v) is 28.1. The molecule has 0 radical (unpaired) electrons. The van der Waals surface area contributed by atoms with E-state index in [1.807, 2.05) is 18.5 Å². The molecule has 3 spiro atoms. The number of rotatable bonds is 8. The van der Waals surface area contributed by atoms with Crippen molar-refractivity contribution < 1.29 is 30.6 Å². The predicted molar refractivity (Wildman–Crippen MR) is 292 cm³/mol. The molecule has 4 heterocycles. The molecule has 75 heavy (non-hydrogen) atoms. The monoisotopic (exact) mass is 1000 g/mol. The number of aryl methyl sites for hydroxylation is 1. The third kappa shape index (κ3) is 6.97. The van der Waals surface area contributed by atoms with Crippen LogP contribution in [0.4, 0.5) is 0 Å². The molecule has 10 nitrogen and oxygen atoms in total. The van der Waals surface area contributed by atoms with E-state index in [9.17, 15) is 30.6 Å². The molecule has 5 aliphatic carbocycles. The fourth-order valence-electron chi connectivity index (χ4n) is 18.9. The van der Waals surface area contributed by atoms with Crippen LogP contribution in [0.15, 0.2) is 128 Å². The summed E-state index contributed by atoms with van der Waals surface area (Å²) >= 11 is 0. The number of nitrogens with one attached hydrogen (secondary N) is 3. The molecule has 14 atom stereocenters. The highest BCUT2D eigenvalue weighted by Gasteiger charge is 2.78. The van der Waals surface area contributed by atoms with Gasteiger partial charge in [0, 0.05) is 58.9 Å². The Kier molecular flexibility index (Phi) is 11.1. The molecule has 0 amide bonds. The van der Waals surface area contributed by atoms with E-state index >= 15 is 0 Å². The lowest BCUT2D eigenvalue weighted by Crippen LogP contribution is -2.78. The zero-order valence-corrected chi connectivity index (χ0v) is 42.6. The maximum absolute atomic E-state index is 13.0. The molecular weight excluding hydrogens is 933 g/mol. The Morgan fingerprint density at radius 1 is 0.693 bits per heavy atom. The van der Waals surface area contributed by atoms with Crippen LogP contribution in [-0.4, -0.2) is 64.8 Å². The number of piperidine rings is 2. The Morgan fingerprint density at radius 3 is 2.37 bits per heavy atom. The number of fused-ring (bicyclic) bond motifs is 7. The zero-order chi connectivity index (χ0) is 50.8. The lowest BCUT2D eigenvalue weighted by Gasteiger charge is -2.75. The van der Waals surface area contributed by atoms with Gasteiger partial charge in [-0.1, -0.05) is 122 Å². The Balaban J connectivity index is 0.862. The van der Waals surface area contributed by atoms with Gasteiger partial charge in [0.15, 0.2) is 23.0 Å². The quantitative estimate of drug-likeness (QED) is 0.0408. The Bertz CT molecular complexity index is 3260. The second-order valence-electron chi connectivity index (χ2n) is 24.5. The van der Waals surface area contributed by atoms with Gasteiger partial charge < -0.3 is 46.3 Å². The van der Waals surface area contributed by atoms with Crippen molar-refractivity contribution in [2.75, 3.05) is 0 Å². The van der Waals surface area contributed by atoms with Gasteiger partial charge in [0.05, 0.1) is 17.8 Å². The summed E-state index contributed by atoms with van der Waals surface area (Å²) in [6.07, 6.45) is 31.9. The molecule has 8 aliphatic rings. The van der Waals surface area contributed by atoms with Crippen LogP contribution in [0, 0.1) is 39.9 Å². The van der Waals surface area contributed by atoms with E-state index in [0.29, 0.717) is 58.7 Å². The topological polar surface area (TPSA) is 174 Å². The third-order valence-electron chi connectivity index (χ3n) is 21.6. The van der Waals surface area contributed by atoms with Gasteiger partial charge in [-0.3, -0.25) is 0 Å². The lowest BCUT2D eigenvalue weighted by molar-refractivity contribution is -0.217. The van der Waals surface area contributed by atoms with Gasteiger partial charge in [0.2, 0.25) is 0 Å². The van der Waals surface area contributed by atoms with Crippen LogP contribution < -0.4 is 10.6 Å². The van der Waals surface area contributed by atoms with Gasteiger partial charge in [-0.25, -0.2) is 4.98 Å². The predicted octanol–water partition coefficient (Wildman–Crippen LogP) is 11.8. The van der Waals surface area contributed by atoms with Crippen LogP contribution in [0.25, 0.3) is 22.9 Å². The highest BCUT2D eigenvalue weighted by Crippen LogP contribution is 2.79. The van der Waals surface area contributed by atoms with Gasteiger partial charge in [-0.15, -0.1) is 0 Å². The van der Waals surface area contributed by atoms with Crippen LogP contribution >= 0.6 is 0 Å². The average molecular weight is 1000 g/mol. The fraction of sp³-hybridized carbons (Fsp3) is 0.431. The van der Waals surface area contributed by atoms with Crippen LogP contribution in [0.5, 0.6) is 28.7 Å². The minimum atomic E-state index is -0.540. The summed E-state index contributed by atoms with van der Waals surface area (Å²) in [6.45, 7) is 0. The Morgan fingerprint density at radius 2 is 1.55 bits per heavy atom. The smallest absolute Gasteiger partial charge is 0.169 e. The Hall–Kier alpha value is -6.33. The first-order valence-electron chi connectivity index (χ1n) is 28.1. The highest BCUT2D eigenvalue weighted by atomic mass is 16.3. The van der Waals surface area contributed by atoms with Crippen molar-refractivity contribution in [2.24, 2.45) is 39.9 Å². The summed E-state index contributed by atoms with van der Waals surface area (Å²) in [6, 6.07) is 30.6. The van der Waals surface area contributed by atoms with Crippen molar-refractivity contribution in [1.82, 2.24) is 20.6 Å². The lowest BCUT2D eigenvalue weighted by atomic mass is 9.31. The molecule has 14 rings (SSSR count). The molecule has 2 bridgehead atoms. The van der Waals surface area contributed by atoms with Crippen molar-refractivity contribution in [1.29, 1.82) is 0 Å². The fourth-order valence-corrected chi connectivity index (χ4v) is 18.9. The maximum Gasteiger partial charge on any atom is 0.169 e. The number of phenols is 5. The summed E-state index contributed by atoms with van der Waals surface area (Å²) in [5.41, 5.74) is 6.54. The number of aliphatic hydroxyl groups excluding tert-OH is 1. The molecule has 386 valence electrons. The number of benzene rings is 5. The van der Waals surface area contributed by atoms with E-state index < -0.39 is 6.10 Å². The van der Waals surface area contributed by atoms with Gasteiger partial charge in [0.1, 0.15) is 5.75 Å². The summed E-state index contributed by atoms with van der Waals surface area (Å²) in [5.74, 6) is 0.580. The number of aromatic amines is 1. The van der Waals surface area contributed by atoms with Crippen LogP contribution in [0.2, 0.25) is 0 Å². The largest absolute Gasteiger partial charge is 0.507 e. The van der Waals surface area contributed by atoms with Crippen molar-refractivity contribution in [2.45, 2.75) is 131 Å². The Labute approximate surface area is 439 Å². The second kappa shape index (κ2) is 17.6. The normalized spacial score (nSPS) is 36.3. The zero-order valence-electron chi connectivity index (χ0n) is 42.6. The summed E-state index contributed by atoms with van der Waals surface area (Å²) in [7, 11) is 0. The van der Waals surface area contributed by atoms with E-state index in [0.717, 1.165) is 24.8 Å². The maximum atomic E-state index is 13.0. The number of nitrogens with zero attached hydrogens (tertiary/aromatic N) is 1. The van der Waals surface area contributed by atoms with Crippen molar-refractivity contribution in [3.8, 4) is 28.7 Å². The average Bonchev–Trinajstić information content (AvgIpc) is 4.39. The van der Waals surface area contributed by atoms with Gasteiger partial charge in [0.25, 0.3) is 0 Å². The SMILES string of the molecule is Oc1ccc(/C=C/c2c(CCc3ccc([C@H]4C[C@@]5(C[C@@H]6N[C@@H](C=C[C@H]6c6ccccc6)C5)[C@H]5C[C@@H]6CCC[C@]67CC[C@@]68CCC[C@@H]6C=C[C@@H](O)[C@H]8[C@]7(c6cnc[nH]6)[C@H]5N4)cc3)c(O)c(O)c3c(O)cccc23)cc1O. The van der Waals surface area contributed by atoms with Crippen LogP contribution in [-0.2, 0) is 18.3 Å². The molecule has 3 aliphatic heterocycles. The number of allylic oxidation sites excluding steroid dienone is 1. The van der Waals surface area contributed by atoms with Crippen molar-refractivity contribution in [3.63, 3.8) is 0 Å². The first-order chi connectivity index (χ1) is 36.5. The number of imidazole rings is 1. The summed E-state index contributed by atoms with van der Waals surface area (Å²) in [4.78, 5) is 8.78. The molecule has 0 unspecified atom stereocenters. The van der Waals surface area contributed by atoms with E-state index in [4.69, 9.17) is 4.98 Å². The number of aromatic hydroxyl groups is 5. The number of hydrogen-bond donors (Lipinski definition) is 9. The third-order valence-corrected chi connectivity index (χ3v) is 21.6. The molecule has 6 aromatic rings. The summed E-state index contributed by atoms with van der Waals surface area (Å²) < 4.78 is 0. The molecular formula is C65H70N4O6. The van der Waals surface area contributed by atoms with E-state index in [-0.39, 0.29) is 85.8 Å². The highest BCUT2D eigenvalue weighted by molar-refractivity contribution is 6.03. The number of aliphatic hydroxyl groups is 1. The second-order valence-corrected chi connectivity index (χ2v) is 24.5. The number of aromatic nitrogens is 2. The first kappa shape index (κ1) is 47.1. The van der Waals surface area contributed by atoms with Gasteiger partial charge in [-0.05, 0) is 162 Å². The molecule has 4 saturated carbocycles. The molecule has 1 aromatic heterocycles. The number of hydrogen-bond acceptors (Lipinski definition) is 9. The minimum absolute atomic E-state index is 0.0153. The van der Waals surface area contributed by atoms with Crippen molar-refractivity contribution in [3.05, 3.63) is 167 Å². The molecule has 5 aromatic carbocycles. The van der Waals surface area contributed by atoms with Crippen molar-refractivity contribution >= 4 is 22.9 Å². The summed E-state index contributed by atoms with van der Waals surface area (Å²) in [5, 5.41) is 76.7. The number of phenolic OH excluding ortho intramolecular Hbond substituents is 5. The number of H-pyrrole nitrogens is 1. The molecule has 2 saturated heterocycles. The standard InChI is InChI=1S/C65H70N4O6/c70-52-25-17-39(31-55(52)73)16-22-46-47-11-4-12-53(71)57(47)59(75)58(74)48(46)23-15-38-13-18-41(19-14-38)50-34-62(33-44-21-24-45(51(35-62)68-44)40-7-2-1-3-8-40)49-32-43-10-6-28-64(43)30-29-63-27-5-9-42(63)20-26-54(72)60(63)65(64,61(49)69-50)56-36-66-37-67-56/h1-4,7-8,11-14,16-22,24-26,31,36-37,42-45,49-51,54,60-61,68-75H,5-6,9-10,15,23,27-30,32-35H2,(H,66,67)/b22-16+/t42-,43+,44+,45+,49+,50-,51+,54-,60-,61+,62+,63+,64+,65-/m1/s1. The molecule has 9 N–H and O–H groups in total. The minimum Gasteiger partial charge on any atom is -0.507 e. The van der Waals surface area contributed by atoms with Crippen LogP contribution in [0.3, 0.4) is 0 Å².